The molecule has 1 saturated heterocycles. The van der Waals surface area contributed by atoms with Gasteiger partial charge in [-0.05, 0) is 55.8 Å². The second-order valence-corrected chi connectivity index (χ2v) is 9.74. The van der Waals surface area contributed by atoms with E-state index in [9.17, 15) is 4.39 Å². The summed E-state index contributed by atoms with van der Waals surface area (Å²) in [6.07, 6.45) is 6.94. The number of hydrogen-bond acceptors (Lipinski definition) is 5. The summed E-state index contributed by atoms with van der Waals surface area (Å²) >= 11 is 1.79. The Kier molecular flexibility index (Phi) is 5.59. The van der Waals surface area contributed by atoms with Crippen molar-refractivity contribution in [1.82, 2.24) is 19.8 Å². The van der Waals surface area contributed by atoms with Crippen molar-refractivity contribution in [2.24, 2.45) is 0 Å². The SMILES string of the molecule is Cc1nc2c(s1)CC=c1cccnc1=C2N1CCN(C)C(CCc2cccc(F)c2)C1. The molecule has 1 unspecified atom stereocenters. The van der Waals surface area contributed by atoms with Gasteiger partial charge in [0.15, 0.2) is 0 Å². The van der Waals surface area contributed by atoms with Crippen LogP contribution in [0, 0.1) is 12.7 Å². The van der Waals surface area contributed by atoms with Crippen LogP contribution < -0.4 is 10.6 Å². The number of aromatic nitrogens is 2. The minimum absolute atomic E-state index is 0.157. The van der Waals surface area contributed by atoms with Crippen LogP contribution in [-0.4, -0.2) is 52.5 Å². The van der Waals surface area contributed by atoms with Crippen LogP contribution in [0.3, 0.4) is 0 Å². The van der Waals surface area contributed by atoms with Gasteiger partial charge >= 0.3 is 0 Å². The summed E-state index contributed by atoms with van der Waals surface area (Å²) in [5, 5.41) is 3.34. The number of rotatable bonds is 4. The Labute approximate surface area is 186 Å². The second kappa shape index (κ2) is 8.52. The number of benzene rings is 1. The van der Waals surface area contributed by atoms with Crippen LogP contribution in [0.1, 0.15) is 27.6 Å². The van der Waals surface area contributed by atoms with Crippen LogP contribution in [0.2, 0.25) is 0 Å². The zero-order valence-electron chi connectivity index (χ0n) is 18.0. The molecule has 1 aliphatic heterocycles. The molecule has 2 aromatic heterocycles. The molecular weight excluding hydrogens is 407 g/mol. The first kappa shape index (κ1) is 20.3. The molecule has 1 atom stereocenters. The molecule has 0 radical (unpaired) electrons. The van der Waals surface area contributed by atoms with Crippen LogP contribution in [0.25, 0.3) is 11.8 Å². The van der Waals surface area contributed by atoms with Crippen LogP contribution in [-0.2, 0) is 12.8 Å². The topological polar surface area (TPSA) is 32.3 Å². The minimum atomic E-state index is -0.157. The number of nitrogens with zero attached hydrogens (tertiary/aromatic N) is 4. The summed E-state index contributed by atoms with van der Waals surface area (Å²) in [4.78, 5) is 16.0. The van der Waals surface area contributed by atoms with Gasteiger partial charge in [-0.3, -0.25) is 9.88 Å². The fourth-order valence-corrected chi connectivity index (χ4v) is 5.57. The van der Waals surface area contributed by atoms with Crippen LogP contribution in [0.4, 0.5) is 4.39 Å². The smallest absolute Gasteiger partial charge is 0.123 e. The van der Waals surface area contributed by atoms with Crippen LogP contribution >= 0.6 is 11.3 Å². The van der Waals surface area contributed by atoms with Gasteiger partial charge < -0.3 is 4.90 Å². The number of hydrogen-bond donors (Lipinski definition) is 0. The summed E-state index contributed by atoms with van der Waals surface area (Å²) < 4.78 is 13.6. The van der Waals surface area contributed by atoms with Gasteiger partial charge in [0.05, 0.1) is 16.1 Å². The average molecular weight is 435 g/mol. The molecule has 6 heteroatoms. The predicted octanol–water partition coefficient (Wildman–Crippen LogP) is 2.73. The summed E-state index contributed by atoms with van der Waals surface area (Å²) in [5.74, 6) is -0.157. The highest BCUT2D eigenvalue weighted by molar-refractivity contribution is 7.11. The average Bonchev–Trinajstić information content (AvgIpc) is 3.06. The van der Waals surface area contributed by atoms with Gasteiger partial charge in [-0.2, -0.15) is 0 Å². The first-order chi connectivity index (χ1) is 15.1. The fourth-order valence-electron chi connectivity index (χ4n) is 4.67. The Balaban J connectivity index is 1.48. The maximum absolute atomic E-state index is 13.6. The summed E-state index contributed by atoms with van der Waals surface area (Å²) in [5.41, 5.74) is 3.34. The van der Waals surface area contributed by atoms with E-state index in [2.05, 4.69) is 35.9 Å². The van der Waals surface area contributed by atoms with Crippen molar-refractivity contribution in [2.45, 2.75) is 32.2 Å². The normalized spacial score (nSPS) is 18.9. The van der Waals surface area contributed by atoms with E-state index in [0.29, 0.717) is 6.04 Å². The van der Waals surface area contributed by atoms with E-state index < -0.39 is 0 Å². The van der Waals surface area contributed by atoms with Crippen molar-refractivity contribution >= 4 is 23.1 Å². The third-order valence-corrected chi connectivity index (χ3v) is 7.34. The van der Waals surface area contributed by atoms with Gasteiger partial charge in [0.1, 0.15) is 11.5 Å². The third-order valence-electron chi connectivity index (χ3n) is 6.35. The molecule has 1 aromatic carbocycles. The first-order valence-electron chi connectivity index (χ1n) is 10.9. The van der Waals surface area contributed by atoms with Gasteiger partial charge in [-0.1, -0.05) is 24.3 Å². The van der Waals surface area contributed by atoms with E-state index in [1.165, 1.54) is 21.9 Å². The predicted molar refractivity (Wildman–Crippen MR) is 124 cm³/mol. The van der Waals surface area contributed by atoms with Crippen LogP contribution in [0.5, 0.6) is 0 Å². The maximum atomic E-state index is 13.6. The van der Waals surface area contributed by atoms with E-state index in [4.69, 9.17) is 9.97 Å². The monoisotopic (exact) mass is 434 g/mol. The van der Waals surface area contributed by atoms with E-state index in [1.807, 2.05) is 18.3 Å². The summed E-state index contributed by atoms with van der Waals surface area (Å²) in [6.45, 7) is 4.95. The molecule has 0 N–H and O–H groups in total. The summed E-state index contributed by atoms with van der Waals surface area (Å²) in [7, 11) is 2.20. The number of likely N-dealkylation sites (N-methyl/N-ethyl adjacent to an activating group) is 1. The lowest BCUT2D eigenvalue weighted by atomic mass is 10.0. The third kappa shape index (κ3) is 4.14. The van der Waals surface area contributed by atoms with E-state index in [-0.39, 0.29) is 5.82 Å². The molecule has 5 rings (SSSR count). The molecule has 160 valence electrons. The highest BCUT2D eigenvalue weighted by Gasteiger charge is 2.29. The molecule has 0 bridgehead atoms. The van der Waals surface area contributed by atoms with Gasteiger partial charge in [0.25, 0.3) is 0 Å². The number of pyridine rings is 1. The van der Waals surface area contributed by atoms with Crippen molar-refractivity contribution in [1.29, 1.82) is 0 Å². The number of halogens is 1. The van der Waals surface area contributed by atoms with Crippen molar-refractivity contribution < 1.29 is 4.39 Å². The number of aryl methyl sites for hydroxylation is 2. The van der Waals surface area contributed by atoms with Crippen LogP contribution in [0.15, 0.2) is 42.6 Å². The molecule has 31 heavy (non-hydrogen) atoms. The number of fused-ring (bicyclic) bond motifs is 2. The molecule has 0 amide bonds. The quantitative estimate of drug-likeness (QED) is 0.632. The Bertz CT molecular complexity index is 1220. The highest BCUT2D eigenvalue weighted by Crippen LogP contribution is 2.29. The minimum Gasteiger partial charge on any atom is -0.365 e. The maximum Gasteiger partial charge on any atom is 0.123 e. The zero-order chi connectivity index (χ0) is 21.4. The molecule has 1 fully saturated rings. The Morgan fingerprint density at radius 3 is 2.97 bits per heavy atom. The largest absolute Gasteiger partial charge is 0.365 e. The molecule has 4 nitrogen and oxygen atoms in total. The molecule has 3 aromatic rings. The van der Waals surface area contributed by atoms with Gasteiger partial charge in [0.2, 0.25) is 0 Å². The first-order valence-corrected chi connectivity index (χ1v) is 11.7. The van der Waals surface area contributed by atoms with E-state index in [1.54, 1.807) is 23.5 Å². The van der Waals surface area contributed by atoms with Gasteiger partial charge in [-0.25, -0.2) is 9.37 Å². The standard InChI is InChI=1S/C25H27FN4S/c1-17-28-24-22(31-17)11-9-19-6-4-12-27-23(19)25(24)30-14-13-29(2)21(16-30)10-8-18-5-3-7-20(26)15-18/h3-7,9,12,15,21H,8,10-11,13-14,16H2,1-2H3. The fraction of sp³-hybridized carbons (Fsp3) is 0.360. The van der Waals surface area contributed by atoms with Crippen molar-refractivity contribution in [3.8, 4) is 0 Å². The number of thiazole rings is 1. The van der Waals surface area contributed by atoms with E-state index in [0.717, 1.165) is 60.5 Å². The number of piperazine rings is 1. The van der Waals surface area contributed by atoms with Crippen molar-refractivity contribution in [3.05, 3.63) is 80.1 Å². The van der Waals surface area contributed by atoms with Gasteiger partial charge in [0, 0.05) is 43.2 Å². The molecule has 1 aliphatic carbocycles. The molecular formula is C25H27FN4S. The Hall–Kier alpha value is -2.57. The molecule has 0 spiro atoms. The molecule has 0 saturated carbocycles. The van der Waals surface area contributed by atoms with Crippen molar-refractivity contribution in [2.75, 3.05) is 26.7 Å². The lowest BCUT2D eigenvalue weighted by Crippen LogP contribution is -2.52. The molecule has 3 heterocycles. The summed E-state index contributed by atoms with van der Waals surface area (Å²) in [6, 6.07) is 11.5. The van der Waals surface area contributed by atoms with E-state index >= 15 is 0 Å². The van der Waals surface area contributed by atoms with Gasteiger partial charge in [-0.15, -0.1) is 11.3 Å². The van der Waals surface area contributed by atoms with Crippen molar-refractivity contribution in [3.63, 3.8) is 0 Å². The zero-order valence-corrected chi connectivity index (χ0v) is 18.8. The Morgan fingerprint density at radius 1 is 1.19 bits per heavy atom. The Morgan fingerprint density at radius 2 is 2.10 bits per heavy atom. The second-order valence-electron chi connectivity index (χ2n) is 8.45. The molecule has 2 aliphatic rings. The lowest BCUT2D eigenvalue weighted by molar-refractivity contribution is 0.127. The lowest BCUT2D eigenvalue weighted by Gasteiger charge is -2.41. The highest BCUT2D eigenvalue weighted by atomic mass is 32.1.